The number of hydrogen-bond acceptors (Lipinski definition) is 3. The van der Waals surface area contributed by atoms with Crippen molar-refractivity contribution in [3.05, 3.63) is 23.8 Å². The summed E-state index contributed by atoms with van der Waals surface area (Å²) in [5, 5.41) is 0. The summed E-state index contributed by atoms with van der Waals surface area (Å²) in [6.07, 6.45) is 1.18. The summed E-state index contributed by atoms with van der Waals surface area (Å²) in [4.78, 5) is 16.2. The predicted octanol–water partition coefficient (Wildman–Crippen LogP) is 0.843. The van der Waals surface area contributed by atoms with Gasteiger partial charge in [0.05, 0.1) is 46.4 Å². The molecule has 1 N–H and O–H groups in total. The summed E-state index contributed by atoms with van der Waals surface area (Å²) in [7, 11) is 3.19. The topological polar surface area (TPSA) is 43.2 Å². The lowest BCUT2D eigenvalue weighted by Crippen LogP contribution is -3.17. The largest absolute Gasteiger partial charge is 0.497 e. The Bertz CT molecular complexity index is 488. The zero-order valence-corrected chi connectivity index (χ0v) is 14.0. The number of carbonyl (C=O) groups is 1. The molecule has 5 heteroatoms. The Balaban J connectivity index is 2.06. The van der Waals surface area contributed by atoms with E-state index in [1.165, 1.54) is 6.42 Å². The highest BCUT2D eigenvalue weighted by Gasteiger charge is 2.27. The summed E-state index contributed by atoms with van der Waals surface area (Å²) in [6, 6.07) is 5.99. The van der Waals surface area contributed by atoms with Gasteiger partial charge < -0.3 is 19.3 Å². The molecule has 0 bridgehead atoms. The third kappa shape index (κ3) is 3.71. The maximum absolute atomic E-state index is 12.7. The Labute approximate surface area is 132 Å². The molecule has 1 fully saturated rings. The number of nitrogens with zero attached hydrogens (tertiary/aromatic N) is 1. The number of piperazine rings is 1. The molecular formula is C17H27N2O3+. The zero-order chi connectivity index (χ0) is 16.1. The smallest absolute Gasteiger partial charge is 0.254 e. The first-order valence-corrected chi connectivity index (χ1v) is 7.96. The van der Waals surface area contributed by atoms with E-state index in [0.717, 1.165) is 26.2 Å². The standard InChI is InChI=1S/C17H26N2O3/c1-5-13(2)18-6-8-19(9-7-18)17(20)14-10-15(21-3)12-16(11-14)22-4/h10-13H,5-9H2,1-4H3/p+1/t13-/m1/s1. The summed E-state index contributed by atoms with van der Waals surface area (Å²) < 4.78 is 10.5. The van der Waals surface area contributed by atoms with Gasteiger partial charge in [0.25, 0.3) is 5.91 Å². The Kier molecular flexibility index (Phi) is 5.66. The normalized spacial score (nSPS) is 17.2. The van der Waals surface area contributed by atoms with Crippen molar-refractivity contribution in [1.29, 1.82) is 0 Å². The average molecular weight is 307 g/mol. The minimum Gasteiger partial charge on any atom is -0.497 e. The summed E-state index contributed by atoms with van der Waals surface area (Å²) in [5.41, 5.74) is 0.628. The van der Waals surface area contributed by atoms with Crippen LogP contribution in [0, 0.1) is 0 Å². The highest BCUT2D eigenvalue weighted by Crippen LogP contribution is 2.23. The van der Waals surface area contributed by atoms with Crippen LogP contribution in [0.5, 0.6) is 11.5 Å². The molecule has 122 valence electrons. The molecular weight excluding hydrogens is 280 g/mol. The molecule has 1 saturated heterocycles. The number of benzene rings is 1. The van der Waals surface area contributed by atoms with Gasteiger partial charge in [-0.2, -0.15) is 0 Å². The van der Waals surface area contributed by atoms with E-state index in [4.69, 9.17) is 9.47 Å². The van der Waals surface area contributed by atoms with Gasteiger partial charge in [0, 0.05) is 11.6 Å². The van der Waals surface area contributed by atoms with E-state index in [1.807, 2.05) is 4.90 Å². The fourth-order valence-electron chi connectivity index (χ4n) is 2.89. The molecule has 5 nitrogen and oxygen atoms in total. The quantitative estimate of drug-likeness (QED) is 0.877. The zero-order valence-electron chi connectivity index (χ0n) is 14.0. The second-order valence-corrected chi connectivity index (χ2v) is 5.86. The monoisotopic (exact) mass is 307 g/mol. The number of hydrogen-bond donors (Lipinski definition) is 1. The second-order valence-electron chi connectivity index (χ2n) is 5.86. The van der Waals surface area contributed by atoms with E-state index in [9.17, 15) is 4.79 Å². The maximum Gasteiger partial charge on any atom is 0.254 e. The van der Waals surface area contributed by atoms with Gasteiger partial charge in [0.2, 0.25) is 0 Å². The van der Waals surface area contributed by atoms with Crippen LogP contribution >= 0.6 is 0 Å². The van der Waals surface area contributed by atoms with E-state index >= 15 is 0 Å². The van der Waals surface area contributed by atoms with Crippen molar-refractivity contribution in [2.24, 2.45) is 0 Å². The van der Waals surface area contributed by atoms with E-state index < -0.39 is 0 Å². The van der Waals surface area contributed by atoms with Gasteiger partial charge in [-0.15, -0.1) is 0 Å². The van der Waals surface area contributed by atoms with Crippen molar-refractivity contribution in [2.45, 2.75) is 26.3 Å². The number of carbonyl (C=O) groups excluding carboxylic acids is 1. The number of ether oxygens (including phenoxy) is 2. The molecule has 2 rings (SSSR count). The molecule has 0 saturated carbocycles. The minimum atomic E-state index is 0.0559. The number of methoxy groups -OCH3 is 2. The second kappa shape index (κ2) is 7.49. The van der Waals surface area contributed by atoms with E-state index in [2.05, 4.69) is 13.8 Å². The molecule has 1 aromatic carbocycles. The number of nitrogens with one attached hydrogen (secondary N) is 1. The Morgan fingerprint density at radius 1 is 1.18 bits per heavy atom. The van der Waals surface area contributed by atoms with Crippen LogP contribution in [0.15, 0.2) is 18.2 Å². The Hall–Kier alpha value is -1.75. The molecule has 1 amide bonds. The van der Waals surface area contributed by atoms with Crippen LogP contribution in [0.3, 0.4) is 0 Å². The summed E-state index contributed by atoms with van der Waals surface area (Å²) >= 11 is 0. The lowest BCUT2D eigenvalue weighted by atomic mass is 10.1. The van der Waals surface area contributed by atoms with Crippen LogP contribution < -0.4 is 14.4 Å². The van der Waals surface area contributed by atoms with Gasteiger partial charge in [-0.25, -0.2) is 0 Å². The first kappa shape index (κ1) is 16.6. The van der Waals surface area contributed by atoms with Crippen molar-refractivity contribution in [2.75, 3.05) is 40.4 Å². The van der Waals surface area contributed by atoms with Crippen LogP contribution in [0.2, 0.25) is 0 Å². The van der Waals surface area contributed by atoms with Gasteiger partial charge >= 0.3 is 0 Å². The molecule has 1 aliphatic rings. The van der Waals surface area contributed by atoms with Gasteiger partial charge in [0.15, 0.2) is 0 Å². The fourth-order valence-corrected chi connectivity index (χ4v) is 2.89. The molecule has 0 aliphatic carbocycles. The number of rotatable bonds is 5. The molecule has 0 unspecified atom stereocenters. The maximum atomic E-state index is 12.7. The molecule has 0 radical (unpaired) electrons. The highest BCUT2D eigenvalue weighted by atomic mass is 16.5. The Morgan fingerprint density at radius 2 is 1.73 bits per heavy atom. The molecule has 1 aromatic rings. The van der Waals surface area contributed by atoms with Gasteiger partial charge in [-0.1, -0.05) is 6.92 Å². The van der Waals surface area contributed by atoms with Crippen molar-refractivity contribution in [3.63, 3.8) is 0 Å². The fraction of sp³-hybridized carbons (Fsp3) is 0.588. The van der Waals surface area contributed by atoms with Crippen LogP contribution in [0.1, 0.15) is 30.6 Å². The van der Waals surface area contributed by atoms with Crippen molar-refractivity contribution >= 4 is 5.91 Å². The van der Waals surface area contributed by atoms with Crippen LogP contribution in [-0.4, -0.2) is 57.2 Å². The van der Waals surface area contributed by atoms with Gasteiger partial charge in [0.1, 0.15) is 11.5 Å². The first-order chi connectivity index (χ1) is 10.6. The molecule has 0 aromatic heterocycles. The minimum absolute atomic E-state index is 0.0559. The summed E-state index contributed by atoms with van der Waals surface area (Å²) in [6.45, 7) is 8.14. The van der Waals surface area contributed by atoms with Crippen LogP contribution in [-0.2, 0) is 0 Å². The average Bonchev–Trinajstić information content (AvgIpc) is 2.59. The lowest BCUT2D eigenvalue weighted by molar-refractivity contribution is -0.927. The van der Waals surface area contributed by atoms with Gasteiger partial charge in [-0.05, 0) is 25.5 Å². The lowest BCUT2D eigenvalue weighted by Gasteiger charge is -2.35. The highest BCUT2D eigenvalue weighted by molar-refractivity contribution is 5.95. The van der Waals surface area contributed by atoms with Crippen LogP contribution in [0.25, 0.3) is 0 Å². The molecule has 1 aliphatic heterocycles. The predicted molar refractivity (Wildman–Crippen MR) is 85.9 cm³/mol. The third-order valence-corrected chi connectivity index (χ3v) is 4.60. The third-order valence-electron chi connectivity index (χ3n) is 4.60. The van der Waals surface area contributed by atoms with Crippen molar-refractivity contribution < 1.29 is 19.2 Å². The Morgan fingerprint density at radius 3 is 2.18 bits per heavy atom. The van der Waals surface area contributed by atoms with E-state index in [0.29, 0.717) is 23.1 Å². The number of quaternary nitrogens is 1. The SMILES string of the molecule is CC[C@@H](C)[NH+]1CCN(C(=O)c2cc(OC)cc(OC)c2)CC1. The van der Waals surface area contributed by atoms with Crippen LogP contribution in [0.4, 0.5) is 0 Å². The first-order valence-electron chi connectivity index (χ1n) is 7.96. The summed E-state index contributed by atoms with van der Waals surface area (Å²) in [5.74, 6) is 1.35. The molecule has 1 heterocycles. The molecule has 1 atom stereocenters. The number of amides is 1. The van der Waals surface area contributed by atoms with E-state index in [1.54, 1.807) is 37.3 Å². The molecule has 0 spiro atoms. The van der Waals surface area contributed by atoms with Gasteiger partial charge in [-0.3, -0.25) is 4.79 Å². The molecule has 22 heavy (non-hydrogen) atoms. The van der Waals surface area contributed by atoms with Crippen molar-refractivity contribution in [1.82, 2.24) is 4.90 Å². The van der Waals surface area contributed by atoms with Crippen molar-refractivity contribution in [3.8, 4) is 11.5 Å². The van der Waals surface area contributed by atoms with E-state index in [-0.39, 0.29) is 5.91 Å².